The number of rotatable bonds is 6. The molecule has 0 amide bonds. The van der Waals surface area contributed by atoms with Crippen LogP contribution in [0.3, 0.4) is 0 Å². The Bertz CT molecular complexity index is 667. The molecule has 0 saturated heterocycles. The Morgan fingerprint density at radius 2 is 2.05 bits per heavy atom. The number of aliphatic hydroxyl groups excluding tert-OH is 1. The quantitative estimate of drug-likeness (QED) is 0.846. The van der Waals surface area contributed by atoms with Crippen molar-refractivity contribution in [3.05, 3.63) is 40.7 Å². The first-order valence-corrected chi connectivity index (χ1v) is 7.42. The second kappa shape index (κ2) is 6.37. The third-order valence-corrected chi connectivity index (χ3v) is 3.91. The maximum atomic E-state index is 9.05. The highest BCUT2D eigenvalue weighted by Gasteiger charge is 2.14. The topological polar surface area (TPSA) is 68.5 Å². The number of hydrogen-bond donors (Lipinski definition) is 2. The highest BCUT2D eigenvalue weighted by atomic mass is 16.7. The van der Waals surface area contributed by atoms with Gasteiger partial charge in [0, 0.05) is 24.3 Å². The van der Waals surface area contributed by atoms with Crippen molar-refractivity contribution in [3.63, 3.8) is 0 Å². The van der Waals surface area contributed by atoms with Gasteiger partial charge in [0.15, 0.2) is 11.5 Å². The molecule has 2 aromatic rings. The molecule has 1 aromatic heterocycles. The fourth-order valence-electron chi connectivity index (χ4n) is 2.69. The number of nitrogens with one attached hydrogen (secondary N) is 1. The second-order valence-electron chi connectivity index (χ2n) is 5.39. The van der Waals surface area contributed by atoms with Gasteiger partial charge in [-0.15, -0.1) is 0 Å². The summed E-state index contributed by atoms with van der Waals surface area (Å²) in [4.78, 5) is 0. The van der Waals surface area contributed by atoms with Gasteiger partial charge in [-0.25, -0.2) is 0 Å². The Hall–Kier alpha value is -2.05. The van der Waals surface area contributed by atoms with Gasteiger partial charge < -0.3 is 19.9 Å². The molecule has 118 valence electrons. The summed E-state index contributed by atoms with van der Waals surface area (Å²) in [5.74, 6) is 1.61. The van der Waals surface area contributed by atoms with E-state index in [1.54, 1.807) is 0 Å². The molecule has 0 spiro atoms. The molecule has 2 heterocycles. The summed E-state index contributed by atoms with van der Waals surface area (Å²) in [6.07, 6.45) is 0. The molecule has 1 aliphatic rings. The molecule has 6 heteroatoms. The minimum absolute atomic E-state index is 0.103. The van der Waals surface area contributed by atoms with Crippen LogP contribution in [0, 0.1) is 13.8 Å². The smallest absolute Gasteiger partial charge is 0.231 e. The molecule has 1 aliphatic heterocycles. The lowest BCUT2D eigenvalue weighted by atomic mass is 10.1. The fraction of sp³-hybridized carbons (Fsp3) is 0.438. The fourth-order valence-corrected chi connectivity index (χ4v) is 2.69. The number of fused-ring (bicyclic) bond motifs is 1. The van der Waals surface area contributed by atoms with Gasteiger partial charge in [0.05, 0.1) is 18.8 Å². The van der Waals surface area contributed by atoms with E-state index in [-0.39, 0.29) is 6.61 Å². The molecule has 0 bridgehead atoms. The van der Waals surface area contributed by atoms with E-state index >= 15 is 0 Å². The highest BCUT2D eigenvalue weighted by molar-refractivity contribution is 5.44. The van der Waals surface area contributed by atoms with E-state index in [2.05, 4.69) is 10.4 Å². The van der Waals surface area contributed by atoms with Gasteiger partial charge in [-0.2, -0.15) is 5.10 Å². The number of ether oxygens (including phenoxy) is 2. The molecule has 2 N–H and O–H groups in total. The van der Waals surface area contributed by atoms with Crippen LogP contribution in [0.15, 0.2) is 18.2 Å². The van der Waals surface area contributed by atoms with Gasteiger partial charge in [-0.05, 0) is 31.5 Å². The molecule has 6 nitrogen and oxygen atoms in total. The molecule has 22 heavy (non-hydrogen) atoms. The molecule has 0 unspecified atom stereocenters. The molecule has 3 rings (SSSR count). The average Bonchev–Trinajstić information content (AvgIpc) is 3.07. The lowest BCUT2D eigenvalue weighted by Crippen LogP contribution is -2.14. The van der Waals surface area contributed by atoms with E-state index in [4.69, 9.17) is 14.6 Å². The molecule has 0 saturated carbocycles. The zero-order chi connectivity index (χ0) is 15.5. The highest BCUT2D eigenvalue weighted by Crippen LogP contribution is 2.32. The third-order valence-electron chi connectivity index (χ3n) is 3.91. The van der Waals surface area contributed by atoms with Crippen molar-refractivity contribution in [3.8, 4) is 11.5 Å². The van der Waals surface area contributed by atoms with E-state index in [1.807, 2.05) is 36.7 Å². The first kappa shape index (κ1) is 14.9. The molecule has 0 radical (unpaired) electrons. The summed E-state index contributed by atoms with van der Waals surface area (Å²) in [5, 5.41) is 16.9. The van der Waals surface area contributed by atoms with E-state index in [1.165, 1.54) is 5.56 Å². The summed E-state index contributed by atoms with van der Waals surface area (Å²) < 4.78 is 12.5. The van der Waals surface area contributed by atoms with E-state index in [0.717, 1.165) is 41.5 Å². The summed E-state index contributed by atoms with van der Waals surface area (Å²) >= 11 is 0. The Balaban J connectivity index is 1.61. The van der Waals surface area contributed by atoms with E-state index < -0.39 is 0 Å². The van der Waals surface area contributed by atoms with E-state index in [9.17, 15) is 0 Å². The van der Waals surface area contributed by atoms with Crippen LogP contribution >= 0.6 is 0 Å². The Morgan fingerprint density at radius 1 is 1.23 bits per heavy atom. The molecule has 1 aromatic carbocycles. The molecule has 0 aliphatic carbocycles. The van der Waals surface area contributed by atoms with Gasteiger partial charge in [0.25, 0.3) is 0 Å². The number of aliphatic hydroxyl groups is 1. The van der Waals surface area contributed by atoms with Crippen molar-refractivity contribution in [1.29, 1.82) is 0 Å². The Labute approximate surface area is 129 Å². The number of aromatic nitrogens is 2. The standard InChI is InChI=1S/C16H21N3O3/c1-11-14(12(2)19(18-11)5-6-20)9-17-8-13-3-4-15-16(7-13)22-10-21-15/h3-4,7,17,20H,5-6,8-10H2,1-2H3. The van der Waals surface area contributed by atoms with Crippen LogP contribution in [0.1, 0.15) is 22.5 Å². The van der Waals surface area contributed by atoms with Crippen LogP contribution in [0.5, 0.6) is 11.5 Å². The Kier molecular flexibility index (Phi) is 4.31. The van der Waals surface area contributed by atoms with Gasteiger partial charge in [0.2, 0.25) is 6.79 Å². The SMILES string of the molecule is Cc1nn(CCO)c(C)c1CNCc1ccc2c(c1)OCO2. The first-order valence-electron chi connectivity index (χ1n) is 7.42. The predicted octanol–water partition coefficient (Wildman–Crippen LogP) is 1.51. The summed E-state index contributed by atoms with van der Waals surface area (Å²) in [6, 6.07) is 5.98. The zero-order valence-electron chi connectivity index (χ0n) is 12.9. The van der Waals surface area contributed by atoms with Crippen LogP contribution < -0.4 is 14.8 Å². The number of benzene rings is 1. The molecule has 0 atom stereocenters. The van der Waals surface area contributed by atoms with Crippen LogP contribution in [-0.2, 0) is 19.6 Å². The average molecular weight is 303 g/mol. The summed E-state index contributed by atoms with van der Waals surface area (Å²) in [5.41, 5.74) is 4.45. The minimum Gasteiger partial charge on any atom is -0.454 e. The van der Waals surface area contributed by atoms with Crippen molar-refractivity contribution in [1.82, 2.24) is 15.1 Å². The monoisotopic (exact) mass is 303 g/mol. The zero-order valence-corrected chi connectivity index (χ0v) is 12.9. The van der Waals surface area contributed by atoms with Crippen molar-refractivity contribution in [2.75, 3.05) is 13.4 Å². The maximum absolute atomic E-state index is 9.05. The van der Waals surface area contributed by atoms with Crippen molar-refractivity contribution in [2.45, 2.75) is 33.5 Å². The van der Waals surface area contributed by atoms with Crippen LogP contribution in [0.4, 0.5) is 0 Å². The maximum Gasteiger partial charge on any atom is 0.231 e. The number of hydrogen-bond acceptors (Lipinski definition) is 5. The van der Waals surface area contributed by atoms with Crippen LogP contribution in [0.25, 0.3) is 0 Å². The summed E-state index contributed by atoms with van der Waals surface area (Å²) in [7, 11) is 0. The number of nitrogens with zero attached hydrogens (tertiary/aromatic N) is 2. The normalized spacial score (nSPS) is 12.9. The number of aryl methyl sites for hydroxylation is 1. The molecular weight excluding hydrogens is 282 g/mol. The van der Waals surface area contributed by atoms with Gasteiger partial charge in [-0.1, -0.05) is 6.07 Å². The Morgan fingerprint density at radius 3 is 2.86 bits per heavy atom. The largest absolute Gasteiger partial charge is 0.454 e. The van der Waals surface area contributed by atoms with Crippen LogP contribution in [-0.4, -0.2) is 28.3 Å². The van der Waals surface area contributed by atoms with Gasteiger partial charge >= 0.3 is 0 Å². The van der Waals surface area contributed by atoms with Crippen molar-refractivity contribution >= 4 is 0 Å². The molecule has 0 fully saturated rings. The van der Waals surface area contributed by atoms with Crippen LogP contribution in [0.2, 0.25) is 0 Å². The van der Waals surface area contributed by atoms with Gasteiger partial charge in [0.1, 0.15) is 0 Å². The van der Waals surface area contributed by atoms with Crippen molar-refractivity contribution < 1.29 is 14.6 Å². The summed E-state index contributed by atoms with van der Waals surface area (Å²) in [6.45, 7) is 6.47. The van der Waals surface area contributed by atoms with Crippen molar-refractivity contribution in [2.24, 2.45) is 0 Å². The minimum atomic E-state index is 0.103. The lowest BCUT2D eigenvalue weighted by Gasteiger charge is -2.07. The molecular formula is C16H21N3O3. The van der Waals surface area contributed by atoms with Gasteiger partial charge in [-0.3, -0.25) is 4.68 Å². The third kappa shape index (κ3) is 2.93. The van der Waals surface area contributed by atoms with E-state index in [0.29, 0.717) is 13.3 Å². The first-order chi connectivity index (χ1) is 10.7. The predicted molar refractivity (Wildman–Crippen MR) is 81.9 cm³/mol. The lowest BCUT2D eigenvalue weighted by molar-refractivity contribution is 0.174. The second-order valence-corrected chi connectivity index (χ2v) is 5.39.